The van der Waals surface area contributed by atoms with Gasteiger partial charge in [0.25, 0.3) is 0 Å². The molecule has 0 aliphatic carbocycles. The lowest BCUT2D eigenvalue weighted by atomic mass is 10.0. The molecule has 0 saturated heterocycles. The zero-order valence-electron chi connectivity index (χ0n) is 48.5. The largest absolute Gasteiger partial charge is 0.472 e. The van der Waals surface area contributed by atoms with Crippen molar-refractivity contribution >= 4 is 13.7 Å². The molecule has 8 nitrogen and oxygen atoms in total. The Labute approximate surface area is 443 Å². The van der Waals surface area contributed by atoms with E-state index in [4.69, 9.17) is 9.05 Å². The van der Waals surface area contributed by atoms with Crippen molar-refractivity contribution in [3.63, 3.8) is 0 Å². The molecule has 3 unspecified atom stereocenters. The Kier molecular flexibility index (Phi) is 53.5. The highest BCUT2D eigenvalue weighted by molar-refractivity contribution is 7.47. The number of likely N-dealkylation sites (N-methyl/N-ethyl adjacent to an activating group) is 1. The summed E-state index contributed by atoms with van der Waals surface area (Å²) in [5.41, 5.74) is 0. The van der Waals surface area contributed by atoms with E-state index in [9.17, 15) is 19.4 Å². The number of aliphatic hydroxyl groups excluding tert-OH is 1. The fourth-order valence-corrected chi connectivity index (χ4v) is 10.5. The van der Waals surface area contributed by atoms with Gasteiger partial charge >= 0.3 is 7.82 Å². The lowest BCUT2D eigenvalue weighted by Crippen LogP contribution is -2.45. The number of quaternary nitrogens is 1. The summed E-state index contributed by atoms with van der Waals surface area (Å²) >= 11 is 0. The minimum atomic E-state index is -4.34. The second-order valence-electron chi connectivity index (χ2n) is 23.2. The monoisotopic (exact) mass is 1030 g/mol. The van der Waals surface area contributed by atoms with E-state index in [-0.39, 0.29) is 19.1 Å². The number of rotatable bonds is 59. The number of amides is 1. The third kappa shape index (κ3) is 56.8. The van der Waals surface area contributed by atoms with Crippen LogP contribution in [-0.4, -0.2) is 73.4 Å². The van der Waals surface area contributed by atoms with Gasteiger partial charge in [0.2, 0.25) is 5.91 Å². The highest BCUT2D eigenvalue weighted by Gasteiger charge is 2.28. The zero-order chi connectivity index (χ0) is 52.0. The summed E-state index contributed by atoms with van der Waals surface area (Å²) in [7, 11) is 1.59. The number of hydrogen-bond donors (Lipinski definition) is 3. The van der Waals surface area contributed by atoms with Crippen LogP contribution in [0.15, 0.2) is 12.2 Å². The molecule has 9 heteroatoms. The van der Waals surface area contributed by atoms with Crippen LogP contribution in [-0.2, 0) is 18.4 Å². The molecule has 0 aromatic rings. The molecule has 0 aliphatic heterocycles. The topological polar surface area (TPSA) is 105 Å². The van der Waals surface area contributed by atoms with Crippen molar-refractivity contribution in [2.45, 2.75) is 341 Å². The van der Waals surface area contributed by atoms with Gasteiger partial charge in [0.05, 0.1) is 39.9 Å². The molecule has 0 aliphatic rings. The molecule has 0 spiro atoms. The van der Waals surface area contributed by atoms with Gasteiger partial charge in [0, 0.05) is 6.42 Å². The number of nitrogens with zero attached hydrogens (tertiary/aromatic N) is 1. The maximum absolute atomic E-state index is 13.0. The van der Waals surface area contributed by atoms with Gasteiger partial charge in [-0.25, -0.2) is 4.57 Å². The van der Waals surface area contributed by atoms with E-state index in [1.165, 1.54) is 270 Å². The Hall–Kier alpha value is -0.760. The molecule has 0 aromatic carbocycles. The quantitative estimate of drug-likeness (QED) is 0.0243. The Morgan fingerprint density at radius 3 is 1.04 bits per heavy atom. The predicted molar refractivity (Wildman–Crippen MR) is 309 cm³/mol. The van der Waals surface area contributed by atoms with Crippen LogP contribution >= 0.6 is 7.82 Å². The van der Waals surface area contributed by atoms with Crippen molar-refractivity contribution in [2.75, 3.05) is 40.9 Å². The third-order valence-electron chi connectivity index (χ3n) is 14.8. The van der Waals surface area contributed by atoms with Crippen LogP contribution in [0.25, 0.3) is 0 Å². The van der Waals surface area contributed by atoms with Crippen molar-refractivity contribution in [2.24, 2.45) is 0 Å². The van der Waals surface area contributed by atoms with E-state index in [0.29, 0.717) is 17.4 Å². The molecule has 71 heavy (non-hydrogen) atoms. The highest BCUT2D eigenvalue weighted by atomic mass is 31.2. The summed E-state index contributed by atoms with van der Waals surface area (Å²) in [5.74, 6) is -0.171. The van der Waals surface area contributed by atoms with Gasteiger partial charge < -0.3 is 19.8 Å². The highest BCUT2D eigenvalue weighted by Crippen LogP contribution is 2.43. The number of carbonyl (C=O) groups excluding carboxylic acids is 1. The minimum absolute atomic E-state index is 0.0649. The third-order valence-corrected chi connectivity index (χ3v) is 15.7. The van der Waals surface area contributed by atoms with E-state index in [1.54, 1.807) is 6.08 Å². The van der Waals surface area contributed by atoms with Crippen LogP contribution in [0.3, 0.4) is 0 Å². The summed E-state index contributed by atoms with van der Waals surface area (Å²) in [6, 6.07) is -0.841. The molecule has 424 valence electrons. The Bertz CT molecular complexity index is 1160. The molecule has 0 saturated carbocycles. The number of nitrogens with one attached hydrogen (secondary N) is 1. The number of allylic oxidation sites excluding steroid dienone is 1. The number of aliphatic hydroxyl groups is 1. The first kappa shape index (κ1) is 70.2. The summed E-state index contributed by atoms with van der Waals surface area (Å²) in [4.78, 5) is 23.3. The van der Waals surface area contributed by atoms with Gasteiger partial charge in [0.15, 0.2) is 0 Å². The van der Waals surface area contributed by atoms with E-state index in [1.807, 2.05) is 27.2 Å². The first-order valence-electron chi connectivity index (χ1n) is 31.6. The summed E-state index contributed by atoms with van der Waals surface area (Å²) in [6.07, 6.45) is 67.9. The average molecular weight is 1030 g/mol. The first-order chi connectivity index (χ1) is 34.5. The van der Waals surface area contributed by atoms with Gasteiger partial charge in [-0.15, -0.1) is 0 Å². The molecular formula is C62H126N2O6P+. The average Bonchev–Trinajstić information content (AvgIpc) is 3.33. The zero-order valence-corrected chi connectivity index (χ0v) is 49.4. The molecule has 0 aromatic heterocycles. The summed E-state index contributed by atoms with van der Waals surface area (Å²) < 4.78 is 23.7. The minimum Gasteiger partial charge on any atom is -0.387 e. The van der Waals surface area contributed by atoms with Gasteiger partial charge in [0.1, 0.15) is 13.2 Å². The van der Waals surface area contributed by atoms with Crippen molar-refractivity contribution in [1.29, 1.82) is 0 Å². The first-order valence-corrected chi connectivity index (χ1v) is 33.1. The number of phosphoric acid groups is 1. The van der Waals surface area contributed by atoms with Crippen LogP contribution in [0.1, 0.15) is 328 Å². The van der Waals surface area contributed by atoms with Gasteiger partial charge in [-0.1, -0.05) is 315 Å². The lowest BCUT2D eigenvalue weighted by Gasteiger charge is -2.25. The molecule has 3 N–H and O–H groups in total. The number of unbranched alkanes of at least 4 members (excludes halogenated alkanes) is 46. The molecule has 0 fully saturated rings. The number of phosphoric ester groups is 1. The molecule has 0 bridgehead atoms. The van der Waals surface area contributed by atoms with Crippen molar-refractivity contribution in [3.05, 3.63) is 12.2 Å². The molecule has 3 atom stereocenters. The normalized spacial score (nSPS) is 13.8. The van der Waals surface area contributed by atoms with Crippen LogP contribution in [0, 0.1) is 0 Å². The molecule has 0 rings (SSSR count). The summed E-state index contributed by atoms with van der Waals surface area (Å²) in [5, 5.41) is 13.9. The molecule has 0 radical (unpaired) electrons. The van der Waals surface area contributed by atoms with Crippen molar-refractivity contribution in [3.8, 4) is 0 Å². The maximum atomic E-state index is 13.0. The number of hydrogen-bond acceptors (Lipinski definition) is 5. The van der Waals surface area contributed by atoms with Crippen molar-refractivity contribution < 1.29 is 32.9 Å². The Balaban J connectivity index is 3.84. The van der Waals surface area contributed by atoms with E-state index >= 15 is 0 Å². The SMILES string of the molecule is CCCCCCCCCCCC/C=C/C(O)C(COP(=O)(O)OCC[N+](C)(C)C)NC(=O)CCCCCCCCCCCCCCCCCCCCCCCCCCCCCCCCCCCCCCC. The van der Waals surface area contributed by atoms with E-state index in [2.05, 4.69) is 19.2 Å². The lowest BCUT2D eigenvalue weighted by molar-refractivity contribution is -0.870. The Morgan fingerprint density at radius 2 is 0.746 bits per heavy atom. The standard InChI is InChI=1S/C62H125N2O6P/c1-6-8-10-12-14-16-18-20-21-22-23-24-25-26-27-28-29-30-31-32-33-34-35-36-37-38-39-40-41-42-43-44-46-48-50-52-54-56-62(66)63-60(59-70-71(67,68)69-58-57-64(3,4)5)61(65)55-53-51-49-47-45-19-17-15-13-11-9-7-2/h53,55,60-61,65H,6-52,54,56-59H2,1-5H3,(H-,63,66,67,68)/p+1/b55-53+. The van der Waals surface area contributed by atoms with Crippen LogP contribution < -0.4 is 5.32 Å². The van der Waals surface area contributed by atoms with E-state index in [0.717, 1.165) is 38.5 Å². The van der Waals surface area contributed by atoms with Gasteiger partial charge in [-0.05, 0) is 19.3 Å². The van der Waals surface area contributed by atoms with Crippen LogP contribution in [0.4, 0.5) is 0 Å². The molecular weight excluding hydrogens is 900 g/mol. The summed E-state index contributed by atoms with van der Waals surface area (Å²) in [6.45, 7) is 4.85. The second-order valence-corrected chi connectivity index (χ2v) is 24.6. The number of carbonyl (C=O) groups is 1. The maximum Gasteiger partial charge on any atom is 0.472 e. The van der Waals surface area contributed by atoms with Gasteiger partial charge in [-0.2, -0.15) is 0 Å². The smallest absolute Gasteiger partial charge is 0.387 e. The second kappa shape index (κ2) is 54.0. The van der Waals surface area contributed by atoms with Gasteiger partial charge in [-0.3, -0.25) is 13.8 Å². The fourth-order valence-electron chi connectivity index (χ4n) is 9.81. The van der Waals surface area contributed by atoms with Crippen molar-refractivity contribution in [1.82, 2.24) is 5.32 Å². The molecule has 1 amide bonds. The van der Waals surface area contributed by atoms with Crippen LogP contribution in [0.5, 0.6) is 0 Å². The fraction of sp³-hybridized carbons (Fsp3) is 0.952. The predicted octanol–water partition coefficient (Wildman–Crippen LogP) is 19.4. The Morgan fingerprint density at radius 1 is 0.465 bits per heavy atom. The van der Waals surface area contributed by atoms with Crippen LogP contribution in [0.2, 0.25) is 0 Å². The van der Waals surface area contributed by atoms with E-state index < -0.39 is 20.0 Å². The molecule has 0 heterocycles.